The molecule has 0 unspecified atom stereocenters. The lowest BCUT2D eigenvalue weighted by atomic mass is 9.94. The molecule has 0 atom stereocenters. The highest BCUT2D eigenvalue weighted by molar-refractivity contribution is 5.93. The molecule has 142 valence electrons. The minimum absolute atomic E-state index is 0.00501. The number of hydrogen-bond donors (Lipinski definition) is 0. The van der Waals surface area contributed by atoms with Crippen LogP contribution in [0.15, 0.2) is 24.3 Å². The van der Waals surface area contributed by atoms with Crippen LogP contribution in [-0.2, 0) is 24.5 Å². The Kier molecular flexibility index (Phi) is 5.78. The van der Waals surface area contributed by atoms with Crippen molar-refractivity contribution in [2.24, 2.45) is 0 Å². The fourth-order valence-corrected chi connectivity index (χ4v) is 3.37. The van der Waals surface area contributed by atoms with Crippen molar-refractivity contribution in [2.75, 3.05) is 47.1 Å². The number of carbonyl (C=O) groups excluding carboxylic acids is 2. The minimum atomic E-state index is -0.508. The first-order chi connectivity index (χ1) is 12.6. The van der Waals surface area contributed by atoms with E-state index < -0.39 is 5.41 Å². The Morgan fingerprint density at radius 3 is 2.35 bits per heavy atom. The van der Waals surface area contributed by atoms with Crippen LogP contribution in [0, 0.1) is 0 Å². The number of amides is 2. The maximum absolute atomic E-state index is 13.2. The van der Waals surface area contributed by atoms with Crippen LogP contribution in [0.3, 0.4) is 0 Å². The van der Waals surface area contributed by atoms with Gasteiger partial charge in [0.25, 0.3) is 11.8 Å². The molecule has 1 heterocycles. The number of nitrogens with zero attached hydrogens (tertiary/aromatic N) is 2. The summed E-state index contributed by atoms with van der Waals surface area (Å²) in [5.41, 5.74) is 0.477. The van der Waals surface area contributed by atoms with Gasteiger partial charge >= 0.3 is 0 Å². The highest BCUT2D eigenvalue weighted by Gasteiger charge is 2.54. The first-order valence-electron chi connectivity index (χ1n) is 8.96. The van der Waals surface area contributed by atoms with Gasteiger partial charge in [0.1, 0.15) is 12.4 Å². The van der Waals surface area contributed by atoms with Gasteiger partial charge in [0.2, 0.25) is 0 Å². The van der Waals surface area contributed by atoms with Crippen LogP contribution in [0.1, 0.15) is 24.8 Å². The number of hydrogen-bond acceptors (Lipinski definition) is 5. The van der Waals surface area contributed by atoms with E-state index in [2.05, 4.69) is 0 Å². The van der Waals surface area contributed by atoms with Gasteiger partial charge in [-0.3, -0.25) is 14.6 Å². The Balaban J connectivity index is 1.66. The summed E-state index contributed by atoms with van der Waals surface area (Å²) in [6.07, 6.45) is 2.40. The molecule has 7 nitrogen and oxygen atoms in total. The van der Waals surface area contributed by atoms with Crippen molar-refractivity contribution in [3.8, 4) is 5.75 Å². The van der Waals surface area contributed by atoms with E-state index in [1.807, 2.05) is 24.3 Å². The summed E-state index contributed by atoms with van der Waals surface area (Å²) < 4.78 is 15.4. The Morgan fingerprint density at radius 1 is 1.04 bits per heavy atom. The van der Waals surface area contributed by atoms with Gasteiger partial charge in [0, 0.05) is 20.2 Å². The van der Waals surface area contributed by atoms with E-state index in [-0.39, 0.29) is 18.4 Å². The highest BCUT2D eigenvalue weighted by Crippen LogP contribution is 2.50. The third-order valence-corrected chi connectivity index (χ3v) is 5.01. The van der Waals surface area contributed by atoms with E-state index in [9.17, 15) is 9.59 Å². The third kappa shape index (κ3) is 3.68. The molecule has 1 saturated heterocycles. The Labute approximate surface area is 153 Å². The van der Waals surface area contributed by atoms with Gasteiger partial charge in [0.05, 0.1) is 25.7 Å². The predicted octanol–water partition coefficient (Wildman–Crippen LogP) is 1.37. The SMILES string of the molecule is COCCOCC(=O)N1CCCN1C(=O)C1(c2ccc(OC)cc2)CC1. The van der Waals surface area contributed by atoms with Gasteiger partial charge in [-0.15, -0.1) is 0 Å². The van der Waals surface area contributed by atoms with Crippen LogP contribution >= 0.6 is 0 Å². The van der Waals surface area contributed by atoms with Crippen LogP contribution in [0.2, 0.25) is 0 Å². The maximum atomic E-state index is 13.2. The molecular formula is C19H26N2O5. The summed E-state index contributed by atoms with van der Waals surface area (Å²) in [5, 5.41) is 3.15. The number of ether oxygens (including phenoxy) is 3. The number of carbonyl (C=O) groups is 2. The summed E-state index contributed by atoms with van der Waals surface area (Å²) in [5.74, 6) is 0.589. The fraction of sp³-hybridized carbons (Fsp3) is 0.579. The van der Waals surface area contributed by atoms with E-state index in [1.54, 1.807) is 24.2 Å². The van der Waals surface area contributed by atoms with Crippen molar-refractivity contribution in [1.82, 2.24) is 10.0 Å². The topological polar surface area (TPSA) is 68.3 Å². The average molecular weight is 362 g/mol. The standard InChI is InChI=1S/C19H26N2O5/c1-24-12-13-26-14-17(22)20-10-3-11-21(20)18(23)19(8-9-19)15-4-6-16(25-2)7-5-15/h4-7H,3,8-14H2,1-2H3. The molecule has 0 N–H and O–H groups in total. The smallest absolute Gasteiger partial charge is 0.267 e. The molecule has 2 amide bonds. The second-order valence-electron chi connectivity index (χ2n) is 6.65. The Hall–Kier alpha value is -2.12. The molecule has 0 spiro atoms. The fourth-order valence-electron chi connectivity index (χ4n) is 3.37. The summed E-state index contributed by atoms with van der Waals surface area (Å²) in [6.45, 7) is 1.89. The molecule has 1 saturated carbocycles. The molecule has 2 fully saturated rings. The molecule has 1 aliphatic heterocycles. The van der Waals surface area contributed by atoms with Crippen LogP contribution in [0.5, 0.6) is 5.75 Å². The molecule has 26 heavy (non-hydrogen) atoms. The van der Waals surface area contributed by atoms with Crippen LogP contribution in [0.4, 0.5) is 0 Å². The zero-order chi connectivity index (χ0) is 18.6. The van der Waals surface area contributed by atoms with E-state index in [1.165, 1.54) is 0 Å². The van der Waals surface area contributed by atoms with Gasteiger partial charge in [-0.05, 0) is 37.0 Å². The normalized spacial score (nSPS) is 18.1. The summed E-state index contributed by atoms with van der Waals surface area (Å²) in [4.78, 5) is 25.7. The molecule has 0 radical (unpaired) electrons. The first-order valence-corrected chi connectivity index (χ1v) is 8.96. The molecule has 0 bridgehead atoms. The molecule has 2 aliphatic rings. The molecule has 1 aliphatic carbocycles. The predicted molar refractivity (Wildman–Crippen MR) is 94.6 cm³/mol. The lowest BCUT2D eigenvalue weighted by Gasteiger charge is -2.31. The summed E-state index contributed by atoms with van der Waals surface area (Å²) >= 11 is 0. The van der Waals surface area contributed by atoms with E-state index in [4.69, 9.17) is 14.2 Å². The van der Waals surface area contributed by atoms with Crippen LogP contribution < -0.4 is 4.74 Å². The van der Waals surface area contributed by atoms with Crippen molar-refractivity contribution in [2.45, 2.75) is 24.7 Å². The van der Waals surface area contributed by atoms with Crippen molar-refractivity contribution in [3.63, 3.8) is 0 Å². The first kappa shape index (κ1) is 18.7. The number of hydrazine groups is 1. The quantitative estimate of drug-likeness (QED) is 0.654. The zero-order valence-electron chi connectivity index (χ0n) is 15.4. The molecule has 1 aromatic carbocycles. The van der Waals surface area contributed by atoms with Crippen molar-refractivity contribution in [3.05, 3.63) is 29.8 Å². The molecular weight excluding hydrogens is 336 g/mol. The van der Waals surface area contributed by atoms with Crippen molar-refractivity contribution < 1.29 is 23.8 Å². The lowest BCUT2D eigenvalue weighted by molar-refractivity contribution is -0.162. The largest absolute Gasteiger partial charge is 0.497 e. The average Bonchev–Trinajstić information content (AvgIpc) is 3.34. The molecule has 0 aromatic heterocycles. The zero-order valence-corrected chi connectivity index (χ0v) is 15.4. The Morgan fingerprint density at radius 2 is 1.73 bits per heavy atom. The lowest BCUT2D eigenvalue weighted by Crippen LogP contribution is -2.50. The second-order valence-corrected chi connectivity index (χ2v) is 6.65. The summed E-state index contributed by atoms with van der Waals surface area (Å²) in [7, 11) is 3.20. The second kappa shape index (κ2) is 8.05. The minimum Gasteiger partial charge on any atom is -0.497 e. The van der Waals surface area contributed by atoms with E-state index in [0.29, 0.717) is 26.3 Å². The number of benzene rings is 1. The van der Waals surface area contributed by atoms with Crippen molar-refractivity contribution in [1.29, 1.82) is 0 Å². The van der Waals surface area contributed by atoms with Gasteiger partial charge in [-0.2, -0.15) is 0 Å². The molecule has 3 rings (SSSR count). The van der Waals surface area contributed by atoms with Gasteiger partial charge in [-0.1, -0.05) is 12.1 Å². The third-order valence-electron chi connectivity index (χ3n) is 5.01. The number of methoxy groups -OCH3 is 2. The highest BCUT2D eigenvalue weighted by atomic mass is 16.5. The molecule has 1 aromatic rings. The van der Waals surface area contributed by atoms with Crippen LogP contribution in [0.25, 0.3) is 0 Å². The maximum Gasteiger partial charge on any atom is 0.267 e. The summed E-state index contributed by atoms with van der Waals surface area (Å²) in [6, 6.07) is 7.64. The van der Waals surface area contributed by atoms with E-state index in [0.717, 1.165) is 30.6 Å². The van der Waals surface area contributed by atoms with E-state index >= 15 is 0 Å². The van der Waals surface area contributed by atoms with Crippen molar-refractivity contribution >= 4 is 11.8 Å². The van der Waals surface area contributed by atoms with Crippen LogP contribution in [-0.4, -0.2) is 69.0 Å². The monoisotopic (exact) mass is 362 g/mol. The molecule has 7 heteroatoms. The van der Waals surface area contributed by atoms with Gasteiger partial charge in [0.15, 0.2) is 0 Å². The Bertz CT molecular complexity index is 642. The van der Waals surface area contributed by atoms with Gasteiger partial charge < -0.3 is 14.2 Å². The van der Waals surface area contributed by atoms with Gasteiger partial charge in [-0.25, -0.2) is 5.01 Å². The number of rotatable bonds is 8.